The van der Waals surface area contributed by atoms with E-state index < -0.39 is 11.4 Å². The number of nitrogens with zero attached hydrogens (tertiary/aromatic N) is 2. The summed E-state index contributed by atoms with van der Waals surface area (Å²) < 4.78 is 12.9. The number of hydrogen-bond acceptors (Lipinski definition) is 3. The molecule has 4 nitrogen and oxygen atoms in total. The predicted molar refractivity (Wildman–Crippen MR) is 60.0 cm³/mol. The highest BCUT2D eigenvalue weighted by Crippen LogP contribution is 2.21. The van der Waals surface area contributed by atoms with E-state index >= 15 is 0 Å². The number of nitriles is 1. The third-order valence-corrected chi connectivity index (χ3v) is 2.40. The van der Waals surface area contributed by atoms with Gasteiger partial charge in [0, 0.05) is 5.56 Å². The average molecular weight is 250 g/mol. The number of benzene rings is 1. The fourth-order valence-corrected chi connectivity index (χ4v) is 1.45. The number of H-pyrrole nitrogens is 1. The molecule has 17 heavy (non-hydrogen) atoms. The second kappa shape index (κ2) is 4.36. The molecular weight excluding hydrogens is 245 g/mol. The zero-order valence-corrected chi connectivity index (χ0v) is 9.12. The highest BCUT2D eigenvalue weighted by atomic mass is 35.5. The molecule has 0 aliphatic heterocycles. The molecule has 0 radical (unpaired) electrons. The molecule has 1 heterocycles. The summed E-state index contributed by atoms with van der Waals surface area (Å²) in [5.74, 6) is -0.317. The van der Waals surface area contributed by atoms with Crippen LogP contribution in [0.2, 0.25) is 5.02 Å². The van der Waals surface area contributed by atoms with Crippen LogP contribution in [0.3, 0.4) is 0 Å². The highest BCUT2D eigenvalue weighted by molar-refractivity contribution is 6.31. The summed E-state index contributed by atoms with van der Waals surface area (Å²) in [4.78, 5) is 17.7. The molecule has 0 atom stereocenters. The standard InChI is InChI=1S/C11H5ClFN3O/c12-8-3-6(1-2-9(8)13)10-15-5-7(4-14)11(17)16-10/h1-3,5H,(H,15,16,17). The largest absolute Gasteiger partial charge is 0.305 e. The lowest BCUT2D eigenvalue weighted by Crippen LogP contribution is -2.12. The van der Waals surface area contributed by atoms with Crippen molar-refractivity contribution in [3.05, 3.63) is 51.2 Å². The van der Waals surface area contributed by atoms with Crippen molar-refractivity contribution in [2.24, 2.45) is 0 Å². The van der Waals surface area contributed by atoms with Crippen molar-refractivity contribution < 1.29 is 4.39 Å². The molecule has 2 aromatic rings. The Bertz CT molecular complexity index is 675. The normalized spacial score (nSPS) is 9.94. The molecule has 0 aliphatic carbocycles. The molecule has 0 amide bonds. The van der Waals surface area contributed by atoms with E-state index in [9.17, 15) is 9.18 Å². The van der Waals surface area contributed by atoms with E-state index in [1.165, 1.54) is 18.2 Å². The van der Waals surface area contributed by atoms with Crippen molar-refractivity contribution in [2.45, 2.75) is 0 Å². The van der Waals surface area contributed by atoms with Gasteiger partial charge in [0.05, 0.1) is 11.2 Å². The van der Waals surface area contributed by atoms with Gasteiger partial charge in [-0.25, -0.2) is 9.37 Å². The van der Waals surface area contributed by atoms with E-state index in [0.29, 0.717) is 5.56 Å². The molecule has 0 saturated carbocycles. The molecule has 0 saturated heterocycles. The van der Waals surface area contributed by atoms with Gasteiger partial charge in [0.15, 0.2) is 0 Å². The van der Waals surface area contributed by atoms with Gasteiger partial charge in [-0.2, -0.15) is 5.26 Å². The van der Waals surface area contributed by atoms with Gasteiger partial charge < -0.3 is 4.98 Å². The van der Waals surface area contributed by atoms with Crippen LogP contribution in [0.25, 0.3) is 11.4 Å². The minimum Gasteiger partial charge on any atom is -0.305 e. The van der Waals surface area contributed by atoms with Crippen LogP contribution in [-0.2, 0) is 0 Å². The number of aromatic amines is 1. The summed E-state index contributed by atoms with van der Waals surface area (Å²) >= 11 is 5.61. The van der Waals surface area contributed by atoms with Gasteiger partial charge >= 0.3 is 0 Å². The minimum absolute atomic E-state index is 0.0606. The zero-order valence-electron chi connectivity index (χ0n) is 8.37. The Kier molecular flexibility index (Phi) is 2.90. The Morgan fingerprint density at radius 1 is 1.47 bits per heavy atom. The van der Waals surface area contributed by atoms with Crippen molar-refractivity contribution in [3.8, 4) is 17.5 Å². The quantitative estimate of drug-likeness (QED) is 0.841. The molecular formula is C11H5ClFN3O. The minimum atomic E-state index is -0.550. The van der Waals surface area contributed by atoms with Crippen LogP contribution < -0.4 is 5.56 Å². The Morgan fingerprint density at radius 3 is 2.82 bits per heavy atom. The van der Waals surface area contributed by atoms with Gasteiger partial charge in [0.1, 0.15) is 23.3 Å². The second-order valence-corrected chi connectivity index (χ2v) is 3.62. The Labute approximate surface area is 100 Å². The molecule has 1 aromatic heterocycles. The Balaban J connectivity index is 2.54. The molecule has 6 heteroatoms. The van der Waals surface area contributed by atoms with Crippen LogP contribution >= 0.6 is 11.6 Å². The first-order valence-electron chi connectivity index (χ1n) is 4.56. The van der Waals surface area contributed by atoms with Crippen LogP contribution in [0.1, 0.15) is 5.56 Å². The van der Waals surface area contributed by atoms with Gasteiger partial charge in [0.2, 0.25) is 0 Å². The number of aromatic nitrogens is 2. The topological polar surface area (TPSA) is 69.5 Å². The smallest absolute Gasteiger partial charge is 0.269 e. The Morgan fingerprint density at radius 2 is 2.24 bits per heavy atom. The van der Waals surface area contributed by atoms with Crippen LogP contribution in [-0.4, -0.2) is 9.97 Å². The van der Waals surface area contributed by atoms with E-state index in [4.69, 9.17) is 16.9 Å². The molecule has 0 aliphatic rings. The fraction of sp³-hybridized carbons (Fsp3) is 0. The highest BCUT2D eigenvalue weighted by Gasteiger charge is 2.06. The summed E-state index contributed by atoms with van der Waals surface area (Å²) in [6.07, 6.45) is 1.16. The van der Waals surface area contributed by atoms with Gasteiger partial charge in [-0.3, -0.25) is 4.79 Å². The zero-order chi connectivity index (χ0) is 12.4. The summed E-state index contributed by atoms with van der Waals surface area (Å²) in [5, 5.41) is 8.52. The molecule has 0 spiro atoms. The molecule has 84 valence electrons. The molecule has 0 bridgehead atoms. The van der Waals surface area contributed by atoms with Crippen LogP contribution in [0.5, 0.6) is 0 Å². The molecule has 1 N–H and O–H groups in total. The first-order valence-corrected chi connectivity index (χ1v) is 4.94. The Hall–Kier alpha value is -2.19. The lowest BCUT2D eigenvalue weighted by Gasteiger charge is -2.01. The van der Waals surface area contributed by atoms with E-state index in [1.807, 2.05) is 0 Å². The lowest BCUT2D eigenvalue weighted by molar-refractivity contribution is 0.628. The lowest BCUT2D eigenvalue weighted by atomic mass is 10.2. The van der Waals surface area contributed by atoms with Gasteiger partial charge in [0.25, 0.3) is 5.56 Å². The maximum atomic E-state index is 12.9. The molecule has 0 fully saturated rings. The van der Waals surface area contributed by atoms with E-state index in [0.717, 1.165) is 6.20 Å². The number of halogens is 2. The van der Waals surface area contributed by atoms with Crippen LogP contribution in [0.4, 0.5) is 4.39 Å². The van der Waals surface area contributed by atoms with E-state index in [-0.39, 0.29) is 16.4 Å². The van der Waals surface area contributed by atoms with Crippen molar-refractivity contribution in [2.75, 3.05) is 0 Å². The molecule has 2 rings (SSSR count). The van der Waals surface area contributed by atoms with Gasteiger partial charge in [-0.15, -0.1) is 0 Å². The summed E-state index contributed by atoms with van der Waals surface area (Å²) in [7, 11) is 0. The van der Waals surface area contributed by atoms with Crippen LogP contribution in [0, 0.1) is 17.1 Å². The van der Waals surface area contributed by atoms with Gasteiger partial charge in [-0.05, 0) is 18.2 Å². The summed E-state index contributed by atoms with van der Waals surface area (Å²) in [6, 6.07) is 5.66. The van der Waals surface area contributed by atoms with E-state index in [2.05, 4.69) is 9.97 Å². The first kappa shape index (κ1) is 11.3. The average Bonchev–Trinajstić information content (AvgIpc) is 2.32. The monoisotopic (exact) mass is 249 g/mol. The van der Waals surface area contributed by atoms with Crippen molar-refractivity contribution in [1.29, 1.82) is 5.26 Å². The number of hydrogen-bond donors (Lipinski definition) is 1. The number of nitrogens with one attached hydrogen (secondary N) is 1. The predicted octanol–water partition coefficient (Wildman–Crippen LogP) is 2.10. The summed E-state index contributed by atoms with van der Waals surface area (Å²) in [5.41, 5.74) is -0.155. The fourth-order valence-electron chi connectivity index (χ4n) is 1.26. The van der Waals surface area contributed by atoms with Crippen LogP contribution in [0.15, 0.2) is 29.2 Å². The SMILES string of the molecule is N#Cc1cnc(-c2ccc(F)c(Cl)c2)[nH]c1=O. The van der Waals surface area contributed by atoms with Gasteiger partial charge in [-0.1, -0.05) is 11.6 Å². The van der Waals surface area contributed by atoms with Crippen molar-refractivity contribution in [1.82, 2.24) is 9.97 Å². The maximum Gasteiger partial charge on any atom is 0.269 e. The number of rotatable bonds is 1. The first-order chi connectivity index (χ1) is 8.11. The third-order valence-electron chi connectivity index (χ3n) is 2.11. The molecule has 1 aromatic carbocycles. The van der Waals surface area contributed by atoms with Crippen molar-refractivity contribution >= 4 is 11.6 Å². The summed E-state index contributed by atoms with van der Waals surface area (Å²) in [6.45, 7) is 0. The van der Waals surface area contributed by atoms with E-state index in [1.54, 1.807) is 6.07 Å². The second-order valence-electron chi connectivity index (χ2n) is 3.22. The maximum absolute atomic E-state index is 12.9. The molecule has 0 unspecified atom stereocenters. The third kappa shape index (κ3) is 2.17. The van der Waals surface area contributed by atoms with Crippen molar-refractivity contribution in [3.63, 3.8) is 0 Å².